The molecule has 1 aliphatic rings. The van der Waals surface area contributed by atoms with Gasteiger partial charge in [0, 0.05) is 36.8 Å². The summed E-state index contributed by atoms with van der Waals surface area (Å²) in [4.78, 5) is 49.1. The lowest BCUT2D eigenvalue weighted by atomic mass is 9.72. The number of esters is 3. The van der Waals surface area contributed by atoms with E-state index in [1.165, 1.54) is 21.0 Å². The number of aliphatic carboxylic acids is 1. The van der Waals surface area contributed by atoms with Crippen molar-refractivity contribution in [1.82, 2.24) is 0 Å². The predicted molar refractivity (Wildman–Crippen MR) is 130 cm³/mol. The first-order chi connectivity index (χ1) is 16.5. The number of carboxylic acids is 1. The Morgan fingerprint density at radius 3 is 2.31 bits per heavy atom. The molecule has 8 heteroatoms. The van der Waals surface area contributed by atoms with Crippen molar-refractivity contribution in [1.29, 1.82) is 0 Å². The lowest BCUT2D eigenvalue weighted by Crippen LogP contribution is -2.25. The molecule has 0 bridgehead atoms. The smallest absolute Gasteiger partial charge is 0.341 e. The molecule has 0 amide bonds. The first-order valence-electron chi connectivity index (χ1n) is 11.8. The molecule has 1 N–H and O–H groups in total. The van der Waals surface area contributed by atoms with Crippen molar-refractivity contribution >= 4 is 23.9 Å². The average molecular weight is 487 g/mol. The van der Waals surface area contributed by atoms with Gasteiger partial charge in [0.05, 0.1) is 7.11 Å². The summed E-state index contributed by atoms with van der Waals surface area (Å²) in [6.07, 6.45) is 6.05. The molecule has 1 aromatic carbocycles. The zero-order valence-electron chi connectivity index (χ0n) is 21.1. The normalized spacial score (nSPS) is 17.2. The standard InChI is InChI=1S/C27H34O8/c1-7-8-9-10-19-14-22(34-17(4)28)24(25(35-18(5)29)23(19)27(32)33-6)21-13-15(2)11-12-20(21)16(3)26(30)31/h13-14,20-21H,3,7-12H2,1-2,4-6H3,(H,30,31)/t20-,21+/m1/s1. The summed E-state index contributed by atoms with van der Waals surface area (Å²) < 4.78 is 16.2. The summed E-state index contributed by atoms with van der Waals surface area (Å²) in [6.45, 7) is 10.2. The average Bonchev–Trinajstić information content (AvgIpc) is 2.77. The Kier molecular flexibility index (Phi) is 9.80. The minimum absolute atomic E-state index is 0.0204. The number of allylic oxidation sites excluding steroid dienone is 2. The molecule has 0 fully saturated rings. The summed E-state index contributed by atoms with van der Waals surface area (Å²) in [6, 6.07) is 1.60. The maximum atomic E-state index is 13.0. The van der Waals surface area contributed by atoms with Gasteiger partial charge in [0.25, 0.3) is 0 Å². The molecule has 8 nitrogen and oxygen atoms in total. The van der Waals surface area contributed by atoms with Gasteiger partial charge < -0.3 is 19.3 Å². The Hall–Kier alpha value is -3.42. The van der Waals surface area contributed by atoms with Crippen LogP contribution in [0, 0.1) is 5.92 Å². The van der Waals surface area contributed by atoms with E-state index in [1.54, 1.807) is 6.07 Å². The lowest BCUT2D eigenvalue weighted by molar-refractivity contribution is -0.134. The molecule has 1 aromatic rings. The zero-order chi connectivity index (χ0) is 26.3. The Labute approximate surface area is 205 Å². The Balaban J connectivity index is 2.95. The minimum atomic E-state index is -1.15. The Morgan fingerprint density at radius 1 is 1.11 bits per heavy atom. The van der Waals surface area contributed by atoms with Crippen molar-refractivity contribution in [2.24, 2.45) is 5.92 Å². The first kappa shape index (κ1) is 27.8. The number of hydrogen-bond acceptors (Lipinski definition) is 7. The van der Waals surface area contributed by atoms with E-state index in [1.807, 2.05) is 19.9 Å². The molecule has 0 saturated heterocycles. The Morgan fingerprint density at radius 2 is 1.77 bits per heavy atom. The fraction of sp³-hybridized carbons (Fsp3) is 0.481. The second-order valence-electron chi connectivity index (χ2n) is 8.80. The van der Waals surface area contributed by atoms with Crippen LogP contribution in [0.2, 0.25) is 0 Å². The van der Waals surface area contributed by atoms with Crippen LogP contribution in [0.25, 0.3) is 0 Å². The summed E-state index contributed by atoms with van der Waals surface area (Å²) in [5.74, 6) is -4.33. The molecule has 0 aliphatic heterocycles. The molecule has 0 saturated carbocycles. The van der Waals surface area contributed by atoms with Gasteiger partial charge in [0.2, 0.25) is 0 Å². The second-order valence-corrected chi connectivity index (χ2v) is 8.80. The predicted octanol–water partition coefficient (Wildman–Crippen LogP) is 5.14. The zero-order valence-corrected chi connectivity index (χ0v) is 21.1. The third-order valence-corrected chi connectivity index (χ3v) is 6.11. The van der Waals surface area contributed by atoms with E-state index in [0.29, 0.717) is 24.8 Å². The second kappa shape index (κ2) is 12.3. The van der Waals surface area contributed by atoms with Crippen LogP contribution >= 0.6 is 0 Å². The molecule has 190 valence electrons. The third-order valence-electron chi connectivity index (χ3n) is 6.11. The molecule has 1 aliphatic carbocycles. The van der Waals surface area contributed by atoms with E-state index in [0.717, 1.165) is 24.8 Å². The van der Waals surface area contributed by atoms with Gasteiger partial charge in [-0.2, -0.15) is 0 Å². The molecular weight excluding hydrogens is 452 g/mol. The van der Waals surface area contributed by atoms with Crippen molar-refractivity contribution in [3.63, 3.8) is 0 Å². The maximum absolute atomic E-state index is 13.0. The van der Waals surface area contributed by atoms with E-state index in [4.69, 9.17) is 14.2 Å². The highest BCUT2D eigenvalue weighted by Crippen LogP contribution is 2.49. The van der Waals surface area contributed by atoms with Crippen LogP contribution in [0.3, 0.4) is 0 Å². The monoisotopic (exact) mass is 486 g/mol. The highest BCUT2D eigenvalue weighted by Gasteiger charge is 2.37. The summed E-state index contributed by atoms with van der Waals surface area (Å²) in [7, 11) is 1.23. The van der Waals surface area contributed by atoms with Crippen LogP contribution in [-0.2, 0) is 25.5 Å². The molecule has 2 atom stereocenters. The number of aryl methyl sites for hydroxylation is 1. The van der Waals surface area contributed by atoms with Gasteiger partial charge in [0.15, 0.2) is 5.75 Å². The number of hydrogen-bond donors (Lipinski definition) is 1. The van der Waals surface area contributed by atoms with Crippen molar-refractivity contribution in [3.05, 3.63) is 46.6 Å². The van der Waals surface area contributed by atoms with Gasteiger partial charge >= 0.3 is 23.9 Å². The summed E-state index contributed by atoms with van der Waals surface area (Å²) >= 11 is 0. The number of unbranched alkanes of at least 4 members (excludes halogenated alkanes) is 2. The number of methoxy groups -OCH3 is 1. The van der Waals surface area contributed by atoms with Crippen LogP contribution in [0.15, 0.2) is 29.9 Å². The summed E-state index contributed by atoms with van der Waals surface area (Å²) in [5, 5.41) is 9.67. The number of carbonyl (C=O) groups is 4. The van der Waals surface area contributed by atoms with E-state index in [9.17, 15) is 24.3 Å². The van der Waals surface area contributed by atoms with Crippen molar-refractivity contribution < 1.29 is 38.5 Å². The molecule has 0 heterocycles. The van der Waals surface area contributed by atoms with E-state index >= 15 is 0 Å². The van der Waals surface area contributed by atoms with Crippen molar-refractivity contribution in [2.45, 2.75) is 72.1 Å². The molecule has 35 heavy (non-hydrogen) atoms. The molecule has 0 aromatic heterocycles. The number of ether oxygens (including phenoxy) is 3. The number of carbonyl (C=O) groups excluding carboxylic acids is 3. The minimum Gasteiger partial charge on any atom is -0.478 e. The maximum Gasteiger partial charge on any atom is 0.341 e. The summed E-state index contributed by atoms with van der Waals surface area (Å²) in [5.41, 5.74) is 1.81. The number of benzene rings is 1. The fourth-order valence-electron chi connectivity index (χ4n) is 4.50. The largest absolute Gasteiger partial charge is 0.478 e. The Bertz CT molecular complexity index is 1050. The van der Waals surface area contributed by atoms with Gasteiger partial charge in [-0.15, -0.1) is 0 Å². The highest BCUT2D eigenvalue weighted by atomic mass is 16.6. The number of carboxylic acid groups (broad SMARTS) is 1. The van der Waals surface area contributed by atoms with Gasteiger partial charge in [-0.1, -0.05) is 38.0 Å². The van der Waals surface area contributed by atoms with Gasteiger partial charge in [-0.25, -0.2) is 9.59 Å². The SMILES string of the molecule is C=C(C(=O)O)[C@H]1CCC(C)=C[C@@H]1c1c(OC(C)=O)cc(CCCCC)c(C(=O)OC)c1OC(C)=O. The van der Waals surface area contributed by atoms with Crippen molar-refractivity contribution in [3.8, 4) is 11.5 Å². The van der Waals surface area contributed by atoms with Gasteiger partial charge in [-0.05, 0) is 44.2 Å². The first-order valence-corrected chi connectivity index (χ1v) is 11.8. The van der Waals surface area contributed by atoms with Crippen molar-refractivity contribution in [2.75, 3.05) is 7.11 Å². The molecule has 0 radical (unpaired) electrons. The van der Waals surface area contributed by atoms with Gasteiger partial charge in [-0.3, -0.25) is 9.59 Å². The highest BCUT2D eigenvalue weighted by molar-refractivity contribution is 5.97. The molecule has 0 unspecified atom stereocenters. The lowest BCUT2D eigenvalue weighted by Gasteiger charge is -2.33. The quantitative estimate of drug-likeness (QED) is 0.159. The van der Waals surface area contributed by atoms with Crippen LogP contribution < -0.4 is 9.47 Å². The van der Waals surface area contributed by atoms with E-state index in [2.05, 4.69) is 6.58 Å². The molecule has 0 spiro atoms. The van der Waals surface area contributed by atoms with Gasteiger partial charge in [0.1, 0.15) is 11.3 Å². The number of rotatable bonds is 10. The van der Waals surface area contributed by atoms with E-state index < -0.39 is 35.7 Å². The topological polar surface area (TPSA) is 116 Å². The third kappa shape index (κ3) is 6.81. The van der Waals surface area contributed by atoms with E-state index in [-0.39, 0.29) is 28.2 Å². The molecular formula is C27H34O8. The molecule has 2 rings (SSSR count). The van der Waals surface area contributed by atoms with Crippen LogP contribution in [0.1, 0.15) is 87.2 Å². The van der Waals surface area contributed by atoms with Crippen LogP contribution in [0.4, 0.5) is 0 Å². The van der Waals surface area contributed by atoms with Crippen LogP contribution in [-0.4, -0.2) is 36.1 Å². The fourth-order valence-corrected chi connectivity index (χ4v) is 4.50. The van der Waals surface area contributed by atoms with Crippen LogP contribution in [0.5, 0.6) is 11.5 Å².